The van der Waals surface area contributed by atoms with Crippen molar-refractivity contribution in [1.29, 1.82) is 0 Å². The van der Waals surface area contributed by atoms with E-state index in [-0.39, 0.29) is 22.6 Å². The number of nitrogen functional groups attached to an aromatic ring is 1. The first kappa shape index (κ1) is 13.6. The van der Waals surface area contributed by atoms with E-state index in [4.69, 9.17) is 5.73 Å². The van der Waals surface area contributed by atoms with Crippen LogP contribution in [0.25, 0.3) is 0 Å². The van der Waals surface area contributed by atoms with Crippen molar-refractivity contribution < 1.29 is 9.85 Å². The van der Waals surface area contributed by atoms with Gasteiger partial charge in [0.15, 0.2) is 0 Å². The summed E-state index contributed by atoms with van der Waals surface area (Å²) in [4.78, 5) is 19.2. The molecule has 0 bridgehead atoms. The molecule has 1 aromatic carbocycles. The summed E-state index contributed by atoms with van der Waals surface area (Å²) in [6, 6.07) is 2.32. The fraction of sp³-hybridized carbons (Fsp3) is 0. The minimum atomic E-state index is -0.877. The summed E-state index contributed by atoms with van der Waals surface area (Å²) < 4.78 is 0.259. The Labute approximate surface area is 98.1 Å². The number of benzene rings is 1. The van der Waals surface area contributed by atoms with E-state index in [0.717, 1.165) is 6.07 Å². The highest BCUT2D eigenvalue weighted by molar-refractivity contribution is 9.10. The normalized spacial score (nSPS) is 9.13. The number of rotatable bonds is 2. The van der Waals surface area contributed by atoms with Crippen LogP contribution in [0.1, 0.15) is 0 Å². The number of nitrogens with zero attached hydrogens (tertiary/aromatic N) is 2. The molecule has 2 N–H and O–H groups in total. The number of hydrogen-bond acceptors (Lipinski definition) is 5. The van der Waals surface area contributed by atoms with Gasteiger partial charge in [-0.3, -0.25) is 20.2 Å². The van der Waals surface area contributed by atoms with Gasteiger partial charge in [0, 0.05) is 10.5 Å². The Balaban J connectivity index is 0.00000196. The first-order chi connectivity index (χ1) is 6.45. The largest absolute Gasteiger partial charge is 0.392 e. The minimum Gasteiger partial charge on any atom is -0.392 e. The summed E-state index contributed by atoms with van der Waals surface area (Å²) in [6.07, 6.45) is 0. The van der Waals surface area contributed by atoms with E-state index >= 15 is 0 Å². The van der Waals surface area contributed by atoms with Gasteiger partial charge in [-0.15, -0.1) is 12.4 Å². The Kier molecular flexibility index (Phi) is 4.43. The quantitative estimate of drug-likeness (QED) is 0.511. The molecule has 9 heteroatoms. The van der Waals surface area contributed by atoms with Crippen LogP contribution in [-0.4, -0.2) is 9.85 Å². The topological polar surface area (TPSA) is 112 Å². The summed E-state index contributed by atoms with van der Waals surface area (Å²) in [5, 5.41) is 20.9. The second-order valence-corrected chi connectivity index (χ2v) is 3.20. The maximum absolute atomic E-state index is 10.5. The van der Waals surface area contributed by atoms with Crippen molar-refractivity contribution in [1.82, 2.24) is 0 Å². The summed E-state index contributed by atoms with van der Waals surface area (Å²) in [5.74, 6) is 0. The summed E-state index contributed by atoms with van der Waals surface area (Å²) >= 11 is 2.95. The molecular weight excluding hydrogens is 293 g/mol. The van der Waals surface area contributed by atoms with Crippen molar-refractivity contribution in [3.63, 3.8) is 0 Å². The molecule has 0 aliphatic carbocycles. The highest BCUT2D eigenvalue weighted by atomic mass is 79.9. The molecule has 0 unspecified atom stereocenters. The molecule has 0 aliphatic heterocycles. The van der Waals surface area contributed by atoms with Crippen LogP contribution >= 0.6 is 28.3 Å². The van der Waals surface area contributed by atoms with Gasteiger partial charge in [0.05, 0.1) is 9.85 Å². The standard InChI is InChI=1S/C6H4BrN3O4.ClH/c7-3-1-2-4(9(11)12)6(5(3)8)10(13)14;/h1-2H,8H2;1H. The smallest absolute Gasteiger partial charge is 0.369 e. The van der Waals surface area contributed by atoms with Crippen LogP contribution < -0.4 is 5.73 Å². The van der Waals surface area contributed by atoms with Gasteiger partial charge in [-0.25, -0.2) is 0 Å². The lowest BCUT2D eigenvalue weighted by atomic mass is 10.2. The van der Waals surface area contributed by atoms with E-state index in [2.05, 4.69) is 15.9 Å². The SMILES string of the molecule is Cl.Nc1c(Br)ccc([N+](=O)[O-])c1[N+](=O)[O-]. The molecule has 0 amide bonds. The first-order valence-corrected chi connectivity index (χ1v) is 4.11. The highest BCUT2D eigenvalue weighted by Crippen LogP contribution is 2.37. The molecule has 0 aliphatic rings. The lowest BCUT2D eigenvalue weighted by molar-refractivity contribution is -0.421. The molecule has 0 saturated carbocycles. The molecule has 7 nitrogen and oxygen atoms in total. The van der Waals surface area contributed by atoms with Crippen LogP contribution in [-0.2, 0) is 0 Å². The number of nitrogens with two attached hydrogens (primary N) is 1. The van der Waals surface area contributed by atoms with Crippen LogP contribution in [0.15, 0.2) is 16.6 Å². The summed E-state index contributed by atoms with van der Waals surface area (Å²) in [6.45, 7) is 0. The molecule has 0 fully saturated rings. The molecular formula is C6H5BrClN3O4. The minimum absolute atomic E-state index is 0. The zero-order valence-electron chi connectivity index (χ0n) is 7.05. The average molecular weight is 298 g/mol. The molecule has 0 radical (unpaired) electrons. The highest BCUT2D eigenvalue weighted by Gasteiger charge is 2.28. The number of nitro groups is 2. The maximum Gasteiger partial charge on any atom is 0.369 e. The van der Waals surface area contributed by atoms with Gasteiger partial charge < -0.3 is 5.73 Å². The van der Waals surface area contributed by atoms with Gasteiger partial charge in [0.25, 0.3) is 0 Å². The zero-order chi connectivity index (χ0) is 10.9. The number of anilines is 1. The van der Waals surface area contributed by atoms with Gasteiger partial charge in [0.1, 0.15) is 5.69 Å². The monoisotopic (exact) mass is 297 g/mol. The fourth-order valence-electron chi connectivity index (χ4n) is 0.911. The second-order valence-electron chi connectivity index (χ2n) is 2.34. The predicted octanol–water partition coefficient (Wildman–Crippen LogP) is 2.27. The maximum atomic E-state index is 10.5. The van der Waals surface area contributed by atoms with Crippen LogP contribution in [0, 0.1) is 20.2 Å². The predicted molar refractivity (Wildman–Crippen MR) is 59.1 cm³/mol. The van der Waals surface area contributed by atoms with Crippen molar-refractivity contribution in [3.8, 4) is 0 Å². The Bertz CT molecular complexity index is 425. The van der Waals surface area contributed by atoms with E-state index < -0.39 is 21.2 Å². The van der Waals surface area contributed by atoms with E-state index in [0.29, 0.717) is 0 Å². The molecule has 0 atom stereocenters. The number of halogens is 2. The van der Waals surface area contributed by atoms with E-state index in [1.54, 1.807) is 0 Å². The van der Waals surface area contributed by atoms with Gasteiger partial charge in [-0.05, 0) is 22.0 Å². The van der Waals surface area contributed by atoms with E-state index in [1.165, 1.54) is 6.07 Å². The fourth-order valence-corrected chi connectivity index (χ4v) is 1.23. The molecule has 0 heterocycles. The number of hydrogen-bond donors (Lipinski definition) is 1. The van der Waals surface area contributed by atoms with Crippen LogP contribution in [0.4, 0.5) is 17.1 Å². The van der Waals surface area contributed by atoms with Crippen LogP contribution in [0.5, 0.6) is 0 Å². The second kappa shape index (κ2) is 4.89. The third kappa shape index (κ3) is 2.54. The van der Waals surface area contributed by atoms with Gasteiger partial charge in [-0.1, -0.05) is 0 Å². The molecule has 0 spiro atoms. The zero-order valence-corrected chi connectivity index (χ0v) is 9.45. The van der Waals surface area contributed by atoms with Crippen molar-refractivity contribution in [2.75, 3.05) is 5.73 Å². The average Bonchev–Trinajstić information content (AvgIpc) is 2.08. The van der Waals surface area contributed by atoms with Gasteiger partial charge >= 0.3 is 11.4 Å². The Morgan fingerprint density at radius 1 is 1.20 bits per heavy atom. The molecule has 15 heavy (non-hydrogen) atoms. The lowest BCUT2D eigenvalue weighted by Gasteiger charge is -1.99. The van der Waals surface area contributed by atoms with Gasteiger partial charge in [-0.2, -0.15) is 0 Å². The molecule has 1 rings (SSSR count). The molecule has 0 saturated heterocycles. The van der Waals surface area contributed by atoms with E-state index in [9.17, 15) is 20.2 Å². The van der Waals surface area contributed by atoms with E-state index in [1.807, 2.05) is 0 Å². The summed E-state index contributed by atoms with van der Waals surface area (Å²) in [5.41, 5.74) is 3.78. The Morgan fingerprint density at radius 2 is 1.73 bits per heavy atom. The molecule has 82 valence electrons. The van der Waals surface area contributed by atoms with Crippen molar-refractivity contribution in [3.05, 3.63) is 36.8 Å². The van der Waals surface area contributed by atoms with Crippen LogP contribution in [0.3, 0.4) is 0 Å². The lowest BCUT2D eigenvalue weighted by Crippen LogP contribution is -2.01. The molecule has 0 aromatic heterocycles. The Hall–Kier alpha value is -1.41. The van der Waals surface area contributed by atoms with Crippen LogP contribution in [0.2, 0.25) is 0 Å². The van der Waals surface area contributed by atoms with Crippen molar-refractivity contribution in [2.45, 2.75) is 0 Å². The van der Waals surface area contributed by atoms with Gasteiger partial charge in [0.2, 0.25) is 0 Å². The van der Waals surface area contributed by atoms with Crippen molar-refractivity contribution >= 4 is 45.4 Å². The first-order valence-electron chi connectivity index (χ1n) is 3.32. The summed E-state index contributed by atoms with van der Waals surface area (Å²) in [7, 11) is 0. The number of nitro benzene ring substituents is 2. The third-order valence-corrected chi connectivity index (χ3v) is 2.21. The molecule has 1 aromatic rings. The Morgan fingerprint density at radius 3 is 2.13 bits per heavy atom. The third-order valence-electron chi connectivity index (χ3n) is 1.52. The van der Waals surface area contributed by atoms with Crippen molar-refractivity contribution in [2.24, 2.45) is 0 Å².